The minimum atomic E-state index is -0.112. The van der Waals surface area contributed by atoms with Gasteiger partial charge in [-0.2, -0.15) is 0 Å². The van der Waals surface area contributed by atoms with Gasteiger partial charge in [-0.3, -0.25) is 0 Å². The summed E-state index contributed by atoms with van der Waals surface area (Å²) in [6.07, 6.45) is 6.03. The Hall–Kier alpha value is -2.89. The topological polar surface area (TPSA) is 83.7 Å². The van der Waals surface area contributed by atoms with E-state index in [2.05, 4.69) is 63.9 Å². The Balaban J connectivity index is 1.84. The minimum Gasteiger partial charge on any atom is -0.383 e. The molecule has 128 valence electrons. The van der Waals surface area contributed by atoms with Crippen molar-refractivity contribution in [3.05, 3.63) is 53.9 Å². The van der Waals surface area contributed by atoms with Crippen molar-refractivity contribution in [3.8, 4) is 11.3 Å². The van der Waals surface area contributed by atoms with E-state index >= 15 is 0 Å². The van der Waals surface area contributed by atoms with Gasteiger partial charge in [0.05, 0.1) is 24.3 Å². The highest BCUT2D eigenvalue weighted by molar-refractivity contribution is 5.80. The molecule has 3 N–H and O–H groups in total. The van der Waals surface area contributed by atoms with Gasteiger partial charge in [-0.05, 0) is 23.5 Å². The van der Waals surface area contributed by atoms with Crippen LogP contribution < -0.4 is 10.6 Å². The molecule has 3 aromatic rings. The summed E-state index contributed by atoms with van der Waals surface area (Å²) in [5, 5.41) is 0. The van der Waals surface area contributed by atoms with Gasteiger partial charge in [-0.1, -0.05) is 26.0 Å². The number of aromatic amines is 1. The zero-order chi connectivity index (χ0) is 17.6. The molecule has 0 aliphatic heterocycles. The lowest BCUT2D eigenvalue weighted by Crippen LogP contribution is -2.30. The number of H-pyrrole nitrogens is 1. The fourth-order valence-corrected chi connectivity index (χ4v) is 3.85. The smallest absolute Gasteiger partial charge is 0.131 e. The van der Waals surface area contributed by atoms with Gasteiger partial charge in [-0.25, -0.2) is 15.0 Å². The van der Waals surface area contributed by atoms with Gasteiger partial charge in [0.15, 0.2) is 0 Å². The van der Waals surface area contributed by atoms with Crippen LogP contribution >= 0.6 is 0 Å². The third-order valence-corrected chi connectivity index (χ3v) is 4.95. The molecular formula is C19H22N6. The second-order valence-corrected chi connectivity index (χ2v) is 7.28. The number of imidazole rings is 1. The van der Waals surface area contributed by atoms with Crippen LogP contribution in [-0.2, 0) is 18.4 Å². The van der Waals surface area contributed by atoms with Crippen LogP contribution in [0.1, 0.15) is 30.7 Å². The van der Waals surface area contributed by atoms with E-state index in [4.69, 9.17) is 5.73 Å². The van der Waals surface area contributed by atoms with E-state index in [9.17, 15) is 0 Å². The number of anilines is 2. The number of aromatic nitrogens is 4. The predicted octanol–water partition coefficient (Wildman–Crippen LogP) is 2.92. The van der Waals surface area contributed by atoms with E-state index in [-0.39, 0.29) is 5.41 Å². The van der Waals surface area contributed by atoms with E-state index in [0.717, 1.165) is 35.5 Å². The maximum absolute atomic E-state index is 6.19. The maximum atomic E-state index is 6.19. The summed E-state index contributed by atoms with van der Waals surface area (Å²) in [7, 11) is 2.10. The fourth-order valence-electron chi connectivity index (χ4n) is 3.85. The molecule has 0 amide bonds. The van der Waals surface area contributed by atoms with Crippen LogP contribution in [0.4, 0.5) is 11.5 Å². The normalized spacial score (nSPS) is 14.7. The average molecular weight is 334 g/mol. The number of rotatable bonds is 3. The molecular weight excluding hydrogens is 312 g/mol. The second-order valence-electron chi connectivity index (χ2n) is 7.28. The first-order chi connectivity index (χ1) is 12.0. The average Bonchev–Trinajstić information content (AvgIpc) is 3.06. The molecule has 2 aromatic heterocycles. The van der Waals surface area contributed by atoms with Crippen LogP contribution in [0.5, 0.6) is 0 Å². The highest BCUT2D eigenvalue weighted by atomic mass is 15.1. The number of nitrogens with one attached hydrogen (secondary N) is 1. The van der Waals surface area contributed by atoms with Crippen LogP contribution in [0.15, 0.2) is 37.1 Å². The Bertz CT molecular complexity index is 914. The molecule has 0 spiro atoms. The van der Waals surface area contributed by atoms with Gasteiger partial charge in [-0.15, -0.1) is 0 Å². The van der Waals surface area contributed by atoms with Gasteiger partial charge in [0.2, 0.25) is 0 Å². The molecule has 6 heteroatoms. The monoisotopic (exact) mass is 334 g/mol. The van der Waals surface area contributed by atoms with E-state index in [1.54, 1.807) is 12.7 Å². The molecule has 0 saturated heterocycles. The molecule has 4 rings (SSSR count). The minimum absolute atomic E-state index is 0.112. The standard InChI is InChI=1S/C19H22N6/c1-19(2)7-14-13(17-16(19)18(20)24-11-23-17)5-4-6-15(14)25(3)9-12-8-21-10-22-12/h4-6,8,10-11H,7,9H2,1-3H3,(H,21,22)(H2,20,23,24). The van der Waals surface area contributed by atoms with Crippen LogP contribution in [0.2, 0.25) is 0 Å². The fraction of sp³-hybridized carbons (Fsp3) is 0.316. The number of nitrogens with two attached hydrogens (primary N) is 1. The summed E-state index contributed by atoms with van der Waals surface area (Å²) in [6, 6.07) is 6.38. The van der Waals surface area contributed by atoms with Crippen molar-refractivity contribution in [3.63, 3.8) is 0 Å². The third-order valence-electron chi connectivity index (χ3n) is 4.95. The van der Waals surface area contributed by atoms with Crippen molar-refractivity contribution in [1.29, 1.82) is 0 Å². The molecule has 0 bridgehead atoms. The molecule has 0 unspecified atom stereocenters. The van der Waals surface area contributed by atoms with Crippen molar-refractivity contribution in [1.82, 2.24) is 19.9 Å². The van der Waals surface area contributed by atoms with Crippen molar-refractivity contribution in [2.75, 3.05) is 17.7 Å². The molecule has 0 saturated carbocycles. The van der Waals surface area contributed by atoms with E-state index in [1.165, 1.54) is 11.3 Å². The highest BCUT2D eigenvalue weighted by Crippen LogP contribution is 2.46. The molecule has 0 radical (unpaired) electrons. The van der Waals surface area contributed by atoms with Gasteiger partial charge < -0.3 is 15.6 Å². The van der Waals surface area contributed by atoms with E-state index < -0.39 is 0 Å². The van der Waals surface area contributed by atoms with Gasteiger partial charge >= 0.3 is 0 Å². The largest absolute Gasteiger partial charge is 0.383 e. The summed E-state index contributed by atoms with van der Waals surface area (Å²) < 4.78 is 0. The second kappa shape index (κ2) is 5.58. The first-order valence-electron chi connectivity index (χ1n) is 8.39. The van der Waals surface area contributed by atoms with E-state index in [0.29, 0.717) is 5.82 Å². The lowest BCUT2D eigenvalue weighted by atomic mass is 9.71. The molecule has 1 aromatic carbocycles. The summed E-state index contributed by atoms with van der Waals surface area (Å²) in [6.45, 7) is 5.19. The summed E-state index contributed by atoms with van der Waals surface area (Å²) in [5.41, 5.74) is 12.8. The number of benzene rings is 1. The quantitative estimate of drug-likeness (QED) is 0.769. The zero-order valence-electron chi connectivity index (χ0n) is 14.7. The van der Waals surface area contributed by atoms with Gasteiger partial charge in [0.25, 0.3) is 0 Å². The van der Waals surface area contributed by atoms with Crippen molar-refractivity contribution in [2.24, 2.45) is 0 Å². The molecule has 0 atom stereocenters. The summed E-state index contributed by atoms with van der Waals surface area (Å²) in [5.74, 6) is 0.580. The van der Waals surface area contributed by atoms with Crippen LogP contribution in [0.3, 0.4) is 0 Å². The van der Waals surface area contributed by atoms with Crippen molar-refractivity contribution < 1.29 is 0 Å². The molecule has 2 heterocycles. The predicted molar refractivity (Wildman–Crippen MR) is 99.3 cm³/mol. The Morgan fingerprint density at radius 1 is 1.28 bits per heavy atom. The number of hydrogen-bond donors (Lipinski definition) is 2. The first-order valence-corrected chi connectivity index (χ1v) is 8.39. The molecule has 1 aliphatic carbocycles. The Labute approximate surface area is 147 Å². The summed E-state index contributed by atoms with van der Waals surface area (Å²) >= 11 is 0. The lowest BCUT2D eigenvalue weighted by Gasteiger charge is -2.36. The Kier molecular flexibility index (Phi) is 3.49. The number of nitrogens with zero attached hydrogens (tertiary/aromatic N) is 4. The lowest BCUT2D eigenvalue weighted by molar-refractivity contribution is 0.514. The number of nitrogen functional groups attached to an aromatic ring is 1. The summed E-state index contributed by atoms with van der Waals surface area (Å²) in [4.78, 5) is 18.3. The molecule has 25 heavy (non-hydrogen) atoms. The Morgan fingerprint density at radius 3 is 2.88 bits per heavy atom. The van der Waals surface area contributed by atoms with Crippen LogP contribution in [0, 0.1) is 0 Å². The SMILES string of the molecule is CN(Cc1cnc[nH]1)c1cccc2c1CC(C)(C)c1c(N)ncnc1-2. The Morgan fingerprint density at radius 2 is 2.12 bits per heavy atom. The maximum Gasteiger partial charge on any atom is 0.131 e. The van der Waals surface area contributed by atoms with Crippen molar-refractivity contribution in [2.45, 2.75) is 32.2 Å². The molecule has 6 nitrogen and oxygen atoms in total. The third kappa shape index (κ3) is 2.54. The van der Waals surface area contributed by atoms with E-state index in [1.807, 2.05) is 6.20 Å². The van der Waals surface area contributed by atoms with Gasteiger partial charge in [0.1, 0.15) is 12.1 Å². The van der Waals surface area contributed by atoms with Crippen LogP contribution in [-0.4, -0.2) is 27.0 Å². The number of fused-ring (bicyclic) bond motifs is 3. The molecule has 0 fully saturated rings. The number of hydrogen-bond acceptors (Lipinski definition) is 5. The highest BCUT2D eigenvalue weighted by Gasteiger charge is 2.35. The first kappa shape index (κ1) is 15.6. The molecule has 1 aliphatic rings. The van der Waals surface area contributed by atoms with Crippen molar-refractivity contribution >= 4 is 11.5 Å². The van der Waals surface area contributed by atoms with Gasteiger partial charge in [0, 0.05) is 30.1 Å². The zero-order valence-corrected chi connectivity index (χ0v) is 14.7. The van der Waals surface area contributed by atoms with Crippen LogP contribution in [0.25, 0.3) is 11.3 Å².